The first-order valence-corrected chi connectivity index (χ1v) is 43.7. The number of carbonyl (C=O) groups is 4. The molecule has 0 spiro atoms. The number of aliphatic hydroxyl groups is 1. The second kappa shape index (κ2) is 68.2. The molecule has 4 unspecified atom stereocenters. The minimum atomic E-state index is -4.96. The molecule has 0 heterocycles. The lowest BCUT2D eigenvalue weighted by Gasteiger charge is -2.21. The monoisotopic (exact) mass is 1440 g/mol. The van der Waals surface area contributed by atoms with Crippen molar-refractivity contribution in [2.75, 3.05) is 39.6 Å². The van der Waals surface area contributed by atoms with Crippen LogP contribution in [0.5, 0.6) is 0 Å². The summed E-state index contributed by atoms with van der Waals surface area (Å²) in [4.78, 5) is 72.9. The van der Waals surface area contributed by atoms with Crippen LogP contribution >= 0.6 is 15.6 Å². The van der Waals surface area contributed by atoms with Crippen molar-refractivity contribution in [1.29, 1.82) is 0 Å². The molecule has 0 saturated carbocycles. The highest BCUT2D eigenvalue weighted by Gasteiger charge is 2.30. The highest BCUT2D eigenvalue weighted by atomic mass is 31.2. The van der Waals surface area contributed by atoms with E-state index in [-0.39, 0.29) is 25.7 Å². The van der Waals surface area contributed by atoms with E-state index in [2.05, 4.69) is 55.4 Å². The predicted octanol–water partition coefficient (Wildman–Crippen LogP) is 23.2. The van der Waals surface area contributed by atoms with Gasteiger partial charge in [0, 0.05) is 25.7 Å². The average Bonchev–Trinajstić information content (AvgIpc) is 0.991. The van der Waals surface area contributed by atoms with Gasteiger partial charge in [-0.05, 0) is 49.4 Å². The van der Waals surface area contributed by atoms with Crippen molar-refractivity contribution in [1.82, 2.24) is 0 Å². The molecular formula is C79H154O17P2. The minimum absolute atomic E-state index is 0.106. The maximum atomic E-state index is 13.1. The van der Waals surface area contributed by atoms with E-state index in [0.717, 1.165) is 114 Å². The van der Waals surface area contributed by atoms with E-state index in [1.54, 1.807) is 0 Å². The zero-order valence-corrected chi connectivity index (χ0v) is 66.2. The van der Waals surface area contributed by atoms with Crippen LogP contribution in [0.4, 0.5) is 0 Å². The fraction of sp³-hybridized carbons (Fsp3) is 0.949. The number of carbonyl (C=O) groups excluding carboxylic acids is 4. The lowest BCUT2D eigenvalue weighted by atomic mass is 9.99. The minimum Gasteiger partial charge on any atom is -0.462 e. The van der Waals surface area contributed by atoms with Crippen molar-refractivity contribution in [3.63, 3.8) is 0 Å². The lowest BCUT2D eigenvalue weighted by molar-refractivity contribution is -0.161. The Morgan fingerprint density at radius 2 is 0.490 bits per heavy atom. The summed E-state index contributed by atoms with van der Waals surface area (Å²) in [6.45, 7) is 14.2. The van der Waals surface area contributed by atoms with Gasteiger partial charge in [-0.15, -0.1) is 0 Å². The van der Waals surface area contributed by atoms with Gasteiger partial charge < -0.3 is 33.8 Å². The van der Waals surface area contributed by atoms with E-state index in [1.165, 1.54) is 199 Å². The number of esters is 4. The van der Waals surface area contributed by atoms with E-state index in [0.29, 0.717) is 31.6 Å². The fourth-order valence-electron chi connectivity index (χ4n) is 12.0. The molecule has 0 aliphatic carbocycles. The van der Waals surface area contributed by atoms with E-state index < -0.39 is 97.5 Å². The van der Waals surface area contributed by atoms with Crippen molar-refractivity contribution in [3.05, 3.63) is 0 Å². The van der Waals surface area contributed by atoms with Crippen LogP contribution in [0.25, 0.3) is 0 Å². The summed E-state index contributed by atoms with van der Waals surface area (Å²) >= 11 is 0. The molecule has 6 atom stereocenters. The summed E-state index contributed by atoms with van der Waals surface area (Å²) < 4.78 is 68.6. The molecule has 0 aliphatic heterocycles. The van der Waals surface area contributed by atoms with Crippen LogP contribution in [0, 0.1) is 23.7 Å². The van der Waals surface area contributed by atoms with Crippen LogP contribution in [0.1, 0.15) is 402 Å². The predicted molar refractivity (Wildman–Crippen MR) is 400 cm³/mol. The van der Waals surface area contributed by atoms with Gasteiger partial charge in [0.25, 0.3) is 0 Å². The number of ether oxygens (including phenoxy) is 4. The molecule has 3 N–H and O–H groups in total. The standard InChI is InChI=1S/C79H154O17P2/c1-9-72(8)58-50-42-34-25-21-17-14-15-19-23-27-37-46-54-62-79(84)96-75(66-90-77(82)60-52-44-38-30-33-41-49-57-71(6)7)68-94-98(87,88)92-64-73(80)63-91-97(85,86)93-67-74(65-89-76(81)59-51-43-35-29-28-32-40-48-56-70(4)5)95-78(83)61-53-45-36-26-22-18-13-11-10-12-16-20-24-31-39-47-55-69(2)3/h69-75,80H,9-68H2,1-8H3,(H,85,86)(H,87,88)/t72?,73?,74-,75-/m1/s1. The maximum Gasteiger partial charge on any atom is 0.472 e. The molecule has 19 heteroatoms. The smallest absolute Gasteiger partial charge is 0.462 e. The number of hydrogen-bond donors (Lipinski definition) is 3. The number of unbranched alkanes of at least 4 members (excludes halogenated alkanes) is 41. The quantitative estimate of drug-likeness (QED) is 0.0222. The Hall–Kier alpha value is -1.94. The third-order valence-electron chi connectivity index (χ3n) is 18.7. The highest BCUT2D eigenvalue weighted by molar-refractivity contribution is 7.47. The van der Waals surface area contributed by atoms with E-state index in [4.69, 9.17) is 37.0 Å². The number of phosphoric ester groups is 2. The first-order valence-electron chi connectivity index (χ1n) is 40.7. The van der Waals surface area contributed by atoms with E-state index >= 15 is 0 Å². The van der Waals surface area contributed by atoms with Crippen molar-refractivity contribution in [2.45, 2.75) is 420 Å². The third kappa shape index (κ3) is 71.1. The molecule has 0 saturated heterocycles. The van der Waals surface area contributed by atoms with Gasteiger partial charge in [0.1, 0.15) is 19.3 Å². The molecule has 582 valence electrons. The van der Waals surface area contributed by atoms with Crippen LogP contribution in [0.15, 0.2) is 0 Å². The van der Waals surface area contributed by atoms with Gasteiger partial charge in [-0.1, -0.05) is 351 Å². The maximum absolute atomic E-state index is 13.1. The Morgan fingerprint density at radius 3 is 0.724 bits per heavy atom. The Morgan fingerprint density at radius 1 is 0.286 bits per heavy atom. The van der Waals surface area contributed by atoms with Crippen molar-refractivity contribution < 1.29 is 80.2 Å². The molecule has 0 aliphatic rings. The van der Waals surface area contributed by atoms with E-state index in [1.807, 2.05) is 0 Å². The first-order chi connectivity index (χ1) is 47.1. The molecule has 0 rings (SSSR count). The Balaban J connectivity index is 5.21. The Bertz CT molecular complexity index is 1920. The van der Waals surface area contributed by atoms with Crippen LogP contribution in [0.2, 0.25) is 0 Å². The molecule has 0 aromatic heterocycles. The average molecular weight is 1440 g/mol. The van der Waals surface area contributed by atoms with Crippen LogP contribution in [-0.2, 0) is 65.4 Å². The largest absolute Gasteiger partial charge is 0.472 e. The number of hydrogen-bond acceptors (Lipinski definition) is 15. The summed E-state index contributed by atoms with van der Waals surface area (Å²) in [5.74, 6) is 0.968. The van der Waals surface area contributed by atoms with Gasteiger partial charge in [0.2, 0.25) is 0 Å². The fourth-order valence-corrected chi connectivity index (χ4v) is 13.6. The van der Waals surface area contributed by atoms with Crippen molar-refractivity contribution in [2.24, 2.45) is 23.7 Å². The van der Waals surface area contributed by atoms with Gasteiger partial charge in [0.15, 0.2) is 12.2 Å². The summed E-state index contributed by atoms with van der Waals surface area (Å²) in [5, 5.41) is 10.6. The zero-order valence-electron chi connectivity index (χ0n) is 64.4. The first kappa shape index (κ1) is 96.1. The second-order valence-electron chi connectivity index (χ2n) is 30.1. The summed E-state index contributed by atoms with van der Waals surface area (Å²) in [7, 11) is -9.92. The van der Waals surface area contributed by atoms with Gasteiger partial charge in [-0.3, -0.25) is 37.3 Å². The number of phosphoric acid groups is 2. The van der Waals surface area contributed by atoms with Crippen molar-refractivity contribution >= 4 is 39.5 Å². The zero-order chi connectivity index (χ0) is 72.4. The molecule has 0 aromatic carbocycles. The highest BCUT2D eigenvalue weighted by Crippen LogP contribution is 2.45. The normalized spacial score (nSPS) is 14.3. The lowest BCUT2D eigenvalue weighted by Crippen LogP contribution is -2.30. The number of aliphatic hydroxyl groups excluding tert-OH is 1. The van der Waals surface area contributed by atoms with Crippen LogP contribution < -0.4 is 0 Å². The molecular weight excluding hydrogens is 1280 g/mol. The topological polar surface area (TPSA) is 237 Å². The number of rotatable bonds is 76. The molecule has 98 heavy (non-hydrogen) atoms. The molecule has 0 fully saturated rings. The van der Waals surface area contributed by atoms with Gasteiger partial charge >= 0.3 is 39.5 Å². The molecule has 0 aromatic rings. The van der Waals surface area contributed by atoms with E-state index in [9.17, 15) is 43.2 Å². The molecule has 0 amide bonds. The van der Waals surface area contributed by atoms with Gasteiger partial charge in [-0.25, -0.2) is 9.13 Å². The molecule has 0 bridgehead atoms. The summed E-state index contributed by atoms with van der Waals surface area (Å²) in [5.41, 5.74) is 0. The van der Waals surface area contributed by atoms with Crippen molar-refractivity contribution in [3.8, 4) is 0 Å². The third-order valence-corrected chi connectivity index (χ3v) is 20.6. The second-order valence-corrected chi connectivity index (χ2v) is 33.0. The SMILES string of the molecule is CCC(C)CCCCCCCCCCCCCCCCC(=O)O[C@H](COC(=O)CCCCCCCCCC(C)C)COP(=O)(O)OCC(O)COP(=O)(O)OC[C@@H](COC(=O)CCCCCCCCCCC(C)C)OC(=O)CCCCCCCCCCCCCCCCCCC(C)C. The molecule has 17 nitrogen and oxygen atoms in total. The summed E-state index contributed by atoms with van der Waals surface area (Å²) in [6.07, 6.45) is 54.2. The summed E-state index contributed by atoms with van der Waals surface area (Å²) in [6, 6.07) is 0. The van der Waals surface area contributed by atoms with Crippen LogP contribution in [0.3, 0.4) is 0 Å². The van der Waals surface area contributed by atoms with Gasteiger partial charge in [0.05, 0.1) is 26.4 Å². The van der Waals surface area contributed by atoms with Crippen LogP contribution in [-0.4, -0.2) is 96.7 Å². The van der Waals surface area contributed by atoms with Gasteiger partial charge in [-0.2, -0.15) is 0 Å². The molecule has 0 radical (unpaired) electrons. The Kier molecular flexibility index (Phi) is 66.8. The Labute approximate surface area is 600 Å².